The van der Waals surface area contributed by atoms with Crippen molar-refractivity contribution in [2.24, 2.45) is 5.73 Å². The third-order valence-corrected chi connectivity index (χ3v) is 4.04. The van der Waals surface area contributed by atoms with E-state index in [4.69, 9.17) is 5.73 Å². The van der Waals surface area contributed by atoms with Crippen molar-refractivity contribution in [2.45, 2.75) is 25.3 Å². The van der Waals surface area contributed by atoms with Crippen molar-refractivity contribution < 1.29 is 4.79 Å². The van der Waals surface area contributed by atoms with E-state index < -0.39 is 0 Å². The Kier molecular flexibility index (Phi) is 3.22. The van der Waals surface area contributed by atoms with Gasteiger partial charge in [-0.2, -0.15) is 0 Å². The lowest BCUT2D eigenvalue weighted by Gasteiger charge is -2.47. The van der Waals surface area contributed by atoms with Crippen LogP contribution in [0.4, 0.5) is 0 Å². The maximum Gasteiger partial charge on any atom is 0.254 e. The summed E-state index contributed by atoms with van der Waals surface area (Å²) in [5, 5.41) is 2.26. The molecule has 3 heteroatoms. The minimum atomic E-state index is -0.165. The van der Waals surface area contributed by atoms with E-state index in [0.717, 1.165) is 29.2 Å². The van der Waals surface area contributed by atoms with Gasteiger partial charge in [0.25, 0.3) is 5.91 Å². The summed E-state index contributed by atoms with van der Waals surface area (Å²) in [5.41, 5.74) is 6.80. The van der Waals surface area contributed by atoms with Crippen LogP contribution in [0.15, 0.2) is 42.5 Å². The first-order valence-electron chi connectivity index (χ1n) is 7.18. The van der Waals surface area contributed by atoms with Crippen molar-refractivity contribution in [3.05, 3.63) is 48.0 Å². The Morgan fingerprint density at radius 1 is 1.20 bits per heavy atom. The minimum absolute atomic E-state index is 0.0907. The van der Waals surface area contributed by atoms with Crippen molar-refractivity contribution in [1.29, 1.82) is 0 Å². The van der Waals surface area contributed by atoms with Gasteiger partial charge in [-0.3, -0.25) is 4.79 Å². The van der Waals surface area contributed by atoms with Crippen LogP contribution in [0.2, 0.25) is 0 Å². The van der Waals surface area contributed by atoms with Gasteiger partial charge >= 0.3 is 0 Å². The largest absolute Gasteiger partial charge is 0.335 e. The number of likely N-dealkylation sites (tertiary alicyclic amines) is 1. The Hall–Kier alpha value is -1.87. The first kappa shape index (κ1) is 13.1. The van der Waals surface area contributed by atoms with Crippen molar-refractivity contribution in [1.82, 2.24) is 4.90 Å². The molecular formula is C17H20N2O. The molecule has 104 valence electrons. The van der Waals surface area contributed by atoms with E-state index in [1.54, 1.807) is 0 Å². The fourth-order valence-corrected chi connectivity index (χ4v) is 3.02. The zero-order valence-corrected chi connectivity index (χ0v) is 11.8. The summed E-state index contributed by atoms with van der Waals surface area (Å²) in [5.74, 6) is 0.0907. The summed E-state index contributed by atoms with van der Waals surface area (Å²) >= 11 is 0. The van der Waals surface area contributed by atoms with Crippen LogP contribution < -0.4 is 5.73 Å². The third-order valence-electron chi connectivity index (χ3n) is 4.04. The number of carbonyl (C=O) groups is 1. The molecular weight excluding hydrogens is 248 g/mol. The van der Waals surface area contributed by atoms with Crippen molar-refractivity contribution in [3.8, 4) is 0 Å². The van der Waals surface area contributed by atoms with E-state index >= 15 is 0 Å². The second-order valence-corrected chi connectivity index (χ2v) is 5.84. The Bertz CT molecular complexity index is 644. The molecule has 0 radical (unpaired) electrons. The van der Waals surface area contributed by atoms with E-state index in [2.05, 4.69) is 13.0 Å². The Labute approximate surface area is 119 Å². The number of nitrogens with two attached hydrogens (primary N) is 1. The highest BCUT2D eigenvalue weighted by Gasteiger charge is 2.41. The second-order valence-electron chi connectivity index (χ2n) is 5.84. The van der Waals surface area contributed by atoms with E-state index in [-0.39, 0.29) is 11.4 Å². The van der Waals surface area contributed by atoms with Crippen LogP contribution in [-0.2, 0) is 0 Å². The monoisotopic (exact) mass is 268 g/mol. The molecule has 1 fully saturated rings. The molecule has 1 saturated heterocycles. The average molecular weight is 268 g/mol. The fourth-order valence-electron chi connectivity index (χ4n) is 3.02. The highest BCUT2D eigenvalue weighted by molar-refractivity contribution is 5.99. The number of nitrogens with zero attached hydrogens (tertiary/aromatic N) is 1. The first-order valence-corrected chi connectivity index (χ1v) is 7.18. The van der Waals surface area contributed by atoms with Crippen LogP contribution in [0.5, 0.6) is 0 Å². The molecule has 1 aliphatic rings. The first-order chi connectivity index (χ1) is 9.61. The standard InChI is InChI=1S/C17H20N2O/c1-2-9-17(18)11-19(12-17)16(20)15-8-7-13-5-3-4-6-14(13)10-15/h3-8,10H,2,9,11-12,18H2,1H3. The normalized spacial score (nSPS) is 17.0. The summed E-state index contributed by atoms with van der Waals surface area (Å²) in [6, 6.07) is 14.0. The molecule has 0 unspecified atom stereocenters. The van der Waals surface area contributed by atoms with E-state index in [1.165, 1.54) is 0 Å². The number of rotatable bonds is 3. The smallest absolute Gasteiger partial charge is 0.254 e. The van der Waals surface area contributed by atoms with E-state index in [1.807, 2.05) is 41.3 Å². The molecule has 3 rings (SSSR count). The lowest BCUT2D eigenvalue weighted by atomic mass is 9.86. The molecule has 1 amide bonds. The molecule has 2 aromatic carbocycles. The van der Waals surface area contributed by atoms with Crippen molar-refractivity contribution >= 4 is 16.7 Å². The van der Waals surface area contributed by atoms with Crippen LogP contribution in [-0.4, -0.2) is 29.4 Å². The molecule has 3 nitrogen and oxygen atoms in total. The Morgan fingerprint density at radius 3 is 2.60 bits per heavy atom. The van der Waals surface area contributed by atoms with Gasteiger partial charge in [-0.15, -0.1) is 0 Å². The minimum Gasteiger partial charge on any atom is -0.335 e. The van der Waals surface area contributed by atoms with Crippen LogP contribution >= 0.6 is 0 Å². The second kappa shape index (κ2) is 4.91. The van der Waals surface area contributed by atoms with E-state index in [0.29, 0.717) is 13.1 Å². The van der Waals surface area contributed by atoms with Gasteiger partial charge in [0.2, 0.25) is 0 Å². The number of hydrogen-bond acceptors (Lipinski definition) is 2. The molecule has 1 heterocycles. The van der Waals surface area contributed by atoms with Gasteiger partial charge in [-0.05, 0) is 29.3 Å². The Balaban J connectivity index is 1.77. The SMILES string of the molecule is CCCC1(N)CN(C(=O)c2ccc3ccccc3c2)C1. The molecule has 2 aromatic rings. The summed E-state index contributed by atoms with van der Waals surface area (Å²) in [6.07, 6.45) is 2.04. The maximum atomic E-state index is 12.4. The average Bonchev–Trinajstić information content (AvgIpc) is 2.43. The van der Waals surface area contributed by atoms with Gasteiger partial charge in [0.1, 0.15) is 0 Å². The molecule has 0 spiro atoms. The van der Waals surface area contributed by atoms with Crippen molar-refractivity contribution in [2.75, 3.05) is 13.1 Å². The number of carbonyl (C=O) groups excluding carboxylic acids is 1. The van der Waals surface area contributed by atoms with Gasteiger partial charge in [0.05, 0.1) is 5.54 Å². The molecule has 0 bridgehead atoms. The number of fused-ring (bicyclic) bond motifs is 1. The molecule has 0 aliphatic carbocycles. The van der Waals surface area contributed by atoms with Crippen LogP contribution in [0.3, 0.4) is 0 Å². The van der Waals surface area contributed by atoms with E-state index in [9.17, 15) is 4.79 Å². The fraction of sp³-hybridized carbons (Fsp3) is 0.353. The predicted molar refractivity (Wildman–Crippen MR) is 81.7 cm³/mol. The van der Waals surface area contributed by atoms with Gasteiger partial charge < -0.3 is 10.6 Å². The van der Waals surface area contributed by atoms with Gasteiger partial charge in [-0.1, -0.05) is 43.7 Å². The zero-order chi connectivity index (χ0) is 14.2. The summed E-state index contributed by atoms with van der Waals surface area (Å²) in [4.78, 5) is 14.3. The maximum absolute atomic E-state index is 12.4. The highest BCUT2D eigenvalue weighted by atomic mass is 16.2. The summed E-state index contributed by atoms with van der Waals surface area (Å²) < 4.78 is 0. The van der Waals surface area contributed by atoms with Crippen LogP contribution in [0.1, 0.15) is 30.1 Å². The lowest BCUT2D eigenvalue weighted by Crippen LogP contribution is -2.68. The molecule has 0 saturated carbocycles. The topological polar surface area (TPSA) is 46.3 Å². The number of amides is 1. The molecule has 1 aliphatic heterocycles. The van der Waals surface area contributed by atoms with Gasteiger partial charge in [-0.25, -0.2) is 0 Å². The van der Waals surface area contributed by atoms with Gasteiger partial charge in [0.15, 0.2) is 0 Å². The molecule has 0 atom stereocenters. The molecule has 20 heavy (non-hydrogen) atoms. The van der Waals surface area contributed by atoms with Crippen molar-refractivity contribution in [3.63, 3.8) is 0 Å². The lowest BCUT2D eigenvalue weighted by molar-refractivity contribution is 0.0386. The summed E-state index contributed by atoms with van der Waals surface area (Å²) in [6.45, 7) is 3.47. The zero-order valence-electron chi connectivity index (χ0n) is 11.8. The van der Waals surface area contributed by atoms with Gasteiger partial charge in [0, 0.05) is 18.7 Å². The third kappa shape index (κ3) is 2.29. The number of hydrogen-bond donors (Lipinski definition) is 1. The summed E-state index contributed by atoms with van der Waals surface area (Å²) in [7, 11) is 0. The Morgan fingerprint density at radius 2 is 1.90 bits per heavy atom. The van der Waals surface area contributed by atoms with Crippen LogP contribution in [0.25, 0.3) is 10.8 Å². The quantitative estimate of drug-likeness (QED) is 0.930. The highest BCUT2D eigenvalue weighted by Crippen LogP contribution is 2.26. The van der Waals surface area contributed by atoms with Crippen LogP contribution in [0, 0.1) is 0 Å². The molecule has 0 aromatic heterocycles. The molecule has 2 N–H and O–H groups in total. The number of benzene rings is 2. The predicted octanol–water partition coefficient (Wildman–Crippen LogP) is 2.79.